The number of aliphatic hydroxyl groups excluding tert-OH is 1. The second-order valence-electron chi connectivity index (χ2n) is 7.12. The maximum atomic E-state index is 12.5. The van der Waals surface area contributed by atoms with E-state index >= 15 is 0 Å². The number of urea groups is 1. The molecule has 150 valence electrons. The second kappa shape index (κ2) is 8.24. The summed E-state index contributed by atoms with van der Waals surface area (Å²) in [4.78, 5) is 36.8. The summed E-state index contributed by atoms with van der Waals surface area (Å²) in [6, 6.07) is -1.11. The molecule has 0 bridgehead atoms. The lowest BCUT2D eigenvalue weighted by Crippen LogP contribution is -2.65. The molecular formula is C17H28N6O4. The van der Waals surface area contributed by atoms with Crippen LogP contribution in [0.2, 0.25) is 0 Å². The highest BCUT2D eigenvalue weighted by molar-refractivity contribution is 6.03. The van der Waals surface area contributed by atoms with E-state index in [-0.39, 0.29) is 13.2 Å². The van der Waals surface area contributed by atoms with Crippen LogP contribution in [0.4, 0.5) is 4.79 Å². The van der Waals surface area contributed by atoms with Gasteiger partial charge in [0.1, 0.15) is 0 Å². The Kier molecular flexibility index (Phi) is 5.98. The number of β-amino-alcohol motifs (C(OH)–C–C–N with tert-alkyl or cyclic N) is 1. The van der Waals surface area contributed by atoms with Crippen molar-refractivity contribution in [2.75, 3.05) is 60.0 Å². The molecule has 0 aromatic carbocycles. The Morgan fingerprint density at radius 2 is 2.04 bits per heavy atom. The van der Waals surface area contributed by atoms with Gasteiger partial charge in [-0.2, -0.15) is 0 Å². The van der Waals surface area contributed by atoms with E-state index in [2.05, 4.69) is 28.7 Å². The number of ether oxygens (including phenoxy) is 1. The minimum Gasteiger partial charge on any atom is -0.389 e. The minimum absolute atomic E-state index is 0.131. The highest BCUT2D eigenvalue weighted by atomic mass is 16.5. The van der Waals surface area contributed by atoms with Crippen LogP contribution in [0.1, 0.15) is 0 Å². The first kappa shape index (κ1) is 19.6. The number of carbonyl (C=O) groups is 2. The van der Waals surface area contributed by atoms with Gasteiger partial charge in [0.2, 0.25) is 0 Å². The number of guanidine groups is 1. The number of aliphatic hydroxyl groups is 1. The largest absolute Gasteiger partial charge is 0.389 e. The summed E-state index contributed by atoms with van der Waals surface area (Å²) in [7, 11) is 3.68. The van der Waals surface area contributed by atoms with Crippen LogP contribution in [0.3, 0.4) is 0 Å². The van der Waals surface area contributed by atoms with Crippen LogP contribution in [0.25, 0.3) is 0 Å². The Morgan fingerprint density at radius 3 is 2.70 bits per heavy atom. The highest BCUT2D eigenvalue weighted by Crippen LogP contribution is 2.26. The Bertz CT molecular complexity index is 619. The van der Waals surface area contributed by atoms with Gasteiger partial charge < -0.3 is 29.4 Å². The molecule has 2 fully saturated rings. The van der Waals surface area contributed by atoms with E-state index < -0.39 is 30.2 Å². The number of carbonyl (C=O) groups excluding carboxylic acids is 2. The van der Waals surface area contributed by atoms with Gasteiger partial charge >= 0.3 is 6.03 Å². The van der Waals surface area contributed by atoms with Crippen molar-refractivity contribution in [1.82, 2.24) is 24.9 Å². The first-order valence-electron chi connectivity index (χ1n) is 9.14. The quantitative estimate of drug-likeness (QED) is 0.420. The maximum Gasteiger partial charge on any atom is 0.325 e. The first-order chi connectivity index (χ1) is 12.9. The lowest BCUT2D eigenvalue weighted by atomic mass is 10.1. The summed E-state index contributed by atoms with van der Waals surface area (Å²) in [6.45, 7) is 7.56. The smallest absolute Gasteiger partial charge is 0.325 e. The van der Waals surface area contributed by atoms with Crippen molar-refractivity contribution in [3.63, 3.8) is 0 Å². The fourth-order valence-electron chi connectivity index (χ4n) is 3.54. The molecule has 3 rings (SSSR count). The number of fused-ring (bicyclic) bond motifs is 1. The second-order valence-corrected chi connectivity index (χ2v) is 7.12. The summed E-state index contributed by atoms with van der Waals surface area (Å²) < 4.78 is 5.33. The van der Waals surface area contributed by atoms with Gasteiger partial charge in [0, 0.05) is 39.8 Å². The summed E-state index contributed by atoms with van der Waals surface area (Å²) in [5.41, 5.74) is 0. The van der Waals surface area contributed by atoms with Crippen molar-refractivity contribution in [3.05, 3.63) is 12.7 Å². The predicted octanol–water partition coefficient (Wildman–Crippen LogP) is -1.65. The Labute approximate surface area is 159 Å². The van der Waals surface area contributed by atoms with Crippen molar-refractivity contribution in [1.29, 1.82) is 0 Å². The summed E-state index contributed by atoms with van der Waals surface area (Å²) in [5.74, 6) is 0.257. The number of nitrogens with one attached hydrogen (secondary N) is 1. The molecule has 0 saturated carbocycles. The standard InChI is InChI=1S/C17H28N6O4/c1-4-9-27-11-12(24)10-23-13-14(21(3)17(26)19-15(13)25)18-16(23)22-7-5-20(2)6-8-22/h4,12-14,24H,1,5-11H2,2-3H3,(H,19,25,26). The zero-order valence-corrected chi connectivity index (χ0v) is 15.9. The van der Waals surface area contributed by atoms with Crippen molar-refractivity contribution in [2.45, 2.75) is 18.3 Å². The average Bonchev–Trinajstić information content (AvgIpc) is 3.00. The summed E-state index contributed by atoms with van der Waals surface area (Å²) >= 11 is 0. The third kappa shape index (κ3) is 4.07. The van der Waals surface area contributed by atoms with Crippen LogP contribution in [-0.4, -0.2) is 121 Å². The third-order valence-corrected chi connectivity index (χ3v) is 5.08. The van der Waals surface area contributed by atoms with Gasteiger partial charge in [0.15, 0.2) is 18.2 Å². The summed E-state index contributed by atoms with van der Waals surface area (Å²) in [6.07, 6.45) is 0.226. The minimum atomic E-state index is -0.794. The van der Waals surface area contributed by atoms with Crippen molar-refractivity contribution < 1.29 is 19.4 Å². The average molecular weight is 380 g/mol. The van der Waals surface area contributed by atoms with Crippen molar-refractivity contribution >= 4 is 17.9 Å². The van der Waals surface area contributed by atoms with Gasteiger partial charge in [-0.25, -0.2) is 9.79 Å². The van der Waals surface area contributed by atoms with E-state index in [4.69, 9.17) is 9.73 Å². The van der Waals surface area contributed by atoms with Crippen molar-refractivity contribution in [2.24, 2.45) is 4.99 Å². The lowest BCUT2D eigenvalue weighted by molar-refractivity contribution is -0.127. The number of likely N-dealkylation sites (N-methyl/N-ethyl adjacent to an activating group) is 2. The molecule has 0 aliphatic carbocycles. The van der Waals surface area contributed by atoms with Crippen molar-refractivity contribution in [3.8, 4) is 0 Å². The van der Waals surface area contributed by atoms with Gasteiger partial charge in [-0.3, -0.25) is 10.1 Å². The van der Waals surface area contributed by atoms with Crippen LogP contribution >= 0.6 is 0 Å². The van der Waals surface area contributed by atoms with Gasteiger partial charge in [-0.1, -0.05) is 6.08 Å². The number of aliphatic imine (C=N–C) groups is 1. The number of imide groups is 1. The van der Waals surface area contributed by atoms with E-state index in [1.54, 1.807) is 18.0 Å². The number of rotatable bonds is 6. The molecule has 3 atom stereocenters. The van der Waals surface area contributed by atoms with Crippen LogP contribution < -0.4 is 5.32 Å². The number of piperazine rings is 1. The molecule has 3 unspecified atom stereocenters. The topological polar surface area (TPSA) is 101 Å². The number of nitrogens with zero attached hydrogens (tertiary/aromatic N) is 5. The van der Waals surface area contributed by atoms with Crippen LogP contribution in [-0.2, 0) is 9.53 Å². The fourth-order valence-corrected chi connectivity index (χ4v) is 3.54. The molecule has 0 aromatic heterocycles. The molecule has 3 aliphatic rings. The van der Waals surface area contributed by atoms with E-state index in [1.165, 1.54) is 4.90 Å². The van der Waals surface area contributed by atoms with Gasteiger partial charge in [-0.05, 0) is 7.05 Å². The monoisotopic (exact) mass is 380 g/mol. The lowest BCUT2D eigenvalue weighted by Gasteiger charge is -2.40. The van der Waals surface area contributed by atoms with E-state index in [0.717, 1.165) is 26.2 Å². The molecule has 0 aromatic rings. The molecule has 10 heteroatoms. The van der Waals surface area contributed by atoms with Gasteiger partial charge in [0.05, 0.1) is 19.3 Å². The number of hydrogen-bond acceptors (Lipinski definition) is 8. The van der Waals surface area contributed by atoms with Crippen LogP contribution in [0, 0.1) is 0 Å². The Hall–Kier alpha value is -2.17. The predicted molar refractivity (Wildman–Crippen MR) is 99.1 cm³/mol. The number of amides is 3. The SMILES string of the molecule is C=CCOCC(O)CN1C(N2CCN(C)CC2)=NC2C1C(=O)NC(=O)N2C. The zero-order chi connectivity index (χ0) is 19.6. The molecule has 2 N–H and O–H groups in total. The van der Waals surface area contributed by atoms with Crippen LogP contribution in [0.15, 0.2) is 17.6 Å². The highest BCUT2D eigenvalue weighted by Gasteiger charge is 2.50. The van der Waals surface area contributed by atoms with E-state index in [9.17, 15) is 14.7 Å². The van der Waals surface area contributed by atoms with Crippen LogP contribution in [0.5, 0.6) is 0 Å². The number of hydrogen-bond donors (Lipinski definition) is 2. The third-order valence-electron chi connectivity index (χ3n) is 5.08. The molecule has 3 heterocycles. The molecule has 3 aliphatic heterocycles. The Morgan fingerprint density at radius 1 is 1.33 bits per heavy atom. The molecule has 27 heavy (non-hydrogen) atoms. The first-order valence-corrected chi connectivity index (χ1v) is 9.14. The molecule has 0 radical (unpaired) electrons. The molecule has 3 amide bonds. The van der Waals surface area contributed by atoms with E-state index in [0.29, 0.717) is 12.6 Å². The van der Waals surface area contributed by atoms with E-state index in [1.807, 2.05) is 0 Å². The molecule has 2 saturated heterocycles. The normalized spacial score (nSPS) is 27.4. The van der Waals surface area contributed by atoms with Gasteiger partial charge in [-0.15, -0.1) is 6.58 Å². The Balaban J connectivity index is 1.79. The summed E-state index contributed by atoms with van der Waals surface area (Å²) in [5, 5.41) is 12.8. The maximum absolute atomic E-state index is 12.5. The van der Waals surface area contributed by atoms with Gasteiger partial charge in [0.25, 0.3) is 5.91 Å². The fraction of sp³-hybridized carbons (Fsp3) is 0.706. The molecule has 10 nitrogen and oxygen atoms in total. The zero-order valence-electron chi connectivity index (χ0n) is 15.9. The molecular weight excluding hydrogens is 352 g/mol. The molecule has 0 spiro atoms.